The number of amides is 1. The predicted octanol–water partition coefficient (Wildman–Crippen LogP) is 3.21. The third-order valence-electron chi connectivity index (χ3n) is 3.13. The van der Waals surface area contributed by atoms with Crippen LogP contribution in [0.1, 0.15) is 31.9 Å². The van der Waals surface area contributed by atoms with Gasteiger partial charge in [0.1, 0.15) is 5.82 Å². The predicted molar refractivity (Wildman–Crippen MR) is 87.9 cm³/mol. The minimum atomic E-state index is -3.62. The number of nitrogens with zero attached hydrogens (tertiary/aromatic N) is 1. The molecule has 0 saturated heterocycles. The summed E-state index contributed by atoms with van der Waals surface area (Å²) >= 11 is 1.30. The van der Waals surface area contributed by atoms with E-state index in [-0.39, 0.29) is 23.0 Å². The number of nitrogens with one attached hydrogen (secondary N) is 1. The van der Waals surface area contributed by atoms with Crippen molar-refractivity contribution in [1.82, 2.24) is 4.98 Å². The van der Waals surface area contributed by atoms with Crippen molar-refractivity contribution in [1.29, 1.82) is 0 Å². The maximum absolute atomic E-state index is 12.8. The largest absolute Gasteiger partial charge is 0.302 e. The van der Waals surface area contributed by atoms with Gasteiger partial charge >= 0.3 is 0 Å². The summed E-state index contributed by atoms with van der Waals surface area (Å²) < 4.78 is 37.0. The van der Waals surface area contributed by atoms with Crippen LogP contribution in [0.25, 0.3) is 0 Å². The fraction of sp³-hybridized carbons (Fsp3) is 0.333. The quantitative estimate of drug-likeness (QED) is 0.807. The molecule has 0 fully saturated rings. The molecule has 124 valence electrons. The van der Waals surface area contributed by atoms with E-state index in [0.717, 1.165) is 17.8 Å². The van der Waals surface area contributed by atoms with Crippen LogP contribution in [-0.2, 0) is 14.6 Å². The van der Waals surface area contributed by atoms with Crippen molar-refractivity contribution in [3.63, 3.8) is 0 Å². The van der Waals surface area contributed by atoms with Gasteiger partial charge in [0, 0.05) is 11.8 Å². The van der Waals surface area contributed by atoms with E-state index in [4.69, 9.17) is 0 Å². The molecule has 1 heterocycles. The van der Waals surface area contributed by atoms with Gasteiger partial charge in [-0.3, -0.25) is 4.79 Å². The Morgan fingerprint density at radius 1 is 1.30 bits per heavy atom. The number of anilines is 1. The maximum Gasteiger partial charge on any atom is 0.227 e. The molecule has 0 bridgehead atoms. The molecule has 0 aliphatic carbocycles. The molecule has 0 atom stereocenters. The van der Waals surface area contributed by atoms with Crippen molar-refractivity contribution in [2.24, 2.45) is 0 Å². The molecule has 0 aliphatic heterocycles. The first-order chi connectivity index (χ1) is 10.8. The fourth-order valence-corrected chi connectivity index (χ4v) is 3.91. The van der Waals surface area contributed by atoms with Crippen LogP contribution in [0.3, 0.4) is 0 Å². The van der Waals surface area contributed by atoms with Gasteiger partial charge in [-0.1, -0.05) is 13.8 Å². The normalized spacial score (nSPS) is 11.7. The summed E-state index contributed by atoms with van der Waals surface area (Å²) in [7, 11) is -3.62. The van der Waals surface area contributed by atoms with Crippen molar-refractivity contribution in [2.45, 2.75) is 31.1 Å². The molecule has 5 nitrogen and oxygen atoms in total. The summed E-state index contributed by atoms with van der Waals surface area (Å²) in [5.41, 5.74) is 0.879. The van der Waals surface area contributed by atoms with Gasteiger partial charge in [-0.05, 0) is 30.2 Å². The zero-order valence-electron chi connectivity index (χ0n) is 12.7. The van der Waals surface area contributed by atoms with E-state index in [0.29, 0.717) is 5.13 Å². The summed E-state index contributed by atoms with van der Waals surface area (Å²) in [6.07, 6.45) is -0.184. The second kappa shape index (κ2) is 7.18. The van der Waals surface area contributed by atoms with E-state index < -0.39 is 21.6 Å². The van der Waals surface area contributed by atoms with Crippen LogP contribution in [0.5, 0.6) is 0 Å². The van der Waals surface area contributed by atoms with Crippen LogP contribution in [-0.4, -0.2) is 25.1 Å². The molecule has 23 heavy (non-hydrogen) atoms. The number of hydrogen-bond donors (Lipinski definition) is 1. The van der Waals surface area contributed by atoms with Crippen molar-refractivity contribution >= 4 is 32.2 Å². The van der Waals surface area contributed by atoms with E-state index in [1.165, 1.54) is 23.5 Å². The molecule has 0 saturated carbocycles. The van der Waals surface area contributed by atoms with E-state index in [9.17, 15) is 17.6 Å². The highest BCUT2D eigenvalue weighted by Gasteiger charge is 2.17. The molecule has 0 spiro atoms. The third-order valence-corrected chi connectivity index (χ3v) is 5.64. The Bertz CT molecular complexity index is 783. The maximum atomic E-state index is 12.8. The first-order valence-corrected chi connectivity index (χ1v) is 9.55. The summed E-state index contributed by atoms with van der Waals surface area (Å²) in [6, 6.07) is 4.54. The Kier molecular flexibility index (Phi) is 5.48. The molecule has 1 N–H and O–H groups in total. The number of carbonyl (C=O) groups excluding carboxylic acids is 1. The highest BCUT2D eigenvalue weighted by atomic mass is 32.2. The molecule has 2 rings (SSSR count). The van der Waals surface area contributed by atoms with Gasteiger partial charge < -0.3 is 5.32 Å². The third kappa shape index (κ3) is 4.84. The van der Waals surface area contributed by atoms with Crippen LogP contribution in [0.2, 0.25) is 0 Å². The zero-order valence-corrected chi connectivity index (χ0v) is 14.4. The topological polar surface area (TPSA) is 76.1 Å². The first-order valence-electron chi connectivity index (χ1n) is 7.01. The number of hydrogen-bond acceptors (Lipinski definition) is 5. The molecule has 1 aromatic carbocycles. The number of halogens is 1. The van der Waals surface area contributed by atoms with Crippen molar-refractivity contribution < 1.29 is 17.6 Å². The summed E-state index contributed by atoms with van der Waals surface area (Å²) in [5.74, 6) is -1.00. The number of thiazole rings is 1. The number of benzene rings is 1. The van der Waals surface area contributed by atoms with Crippen LogP contribution >= 0.6 is 11.3 Å². The Morgan fingerprint density at radius 2 is 1.96 bits per heavy atom. The Labute approximate surface area is 138 Å². The van der Waals surface area contributed by atoms with E-state index >= 15 is 0 Å². The lowest BCUT2D eigenvalue weighted by molar-refractivity contribution is -0.115. The Hall–Kier alpha value is -1.80. The standard InChI is InChI=1S/C15H17FN2O3S2/c1-10(2)13-9-22-15(17-13)18-14(19)7-8-23(20,21)12-5-3-11(16)4-6-12/h3-6,9-10H,7-8H2,1-2H3,(H,17,18,19). The molecule has 2 aromatic rings. The molecule has 0 unspecified atom stereocenters. The lowest BCUT2D eigenvalue weighted by Gasteiger charge is -2.05. The lowest BCUT2D eigenvalue weighted by atomic mass is 10.2. The Balaban J connectivity index is 1.94. The minimum absolute atomic E-state index is 0.00282. The number of rotatable bonds is 6. The molecule has 1 aromatic heterocycles. The molecular formula is C15H17FN2O3S2. The summed E-state index contributed by atoms with van der Waals surface area (Å²) in [4.78, 5) is 16.1. The average molecular weight is 356 g/mol. The number of aromatic nitrogens is 1. The van der Waals surface area contributed by atoms with E-state index in [1.54, 1.807) is 0 Å². The summed E-state index contributed by atoms with van der Waals surface area (Å²) in [6.45, 7) is 3.99. The second-order valence-electron chi connectivity index (χ2n) is 5.30. The van der Waals surface area contributed by atoms with E-state index in [2.05, 4.69) is 10.3 Å². The minimum Gasteiger partial charge on any atom is -0.302 e. The van der Waals surface area contributed by atoms with Gasteiger partial charge in [0.05, 0.1) is 16.3 Å². The smallest absolute Gasteiger partial charge is 0.227 e. The highest BCUT2D eigenvalue weighted by molar-refractivity contribution is 7.91. The molecular weight excluding hydrogens is 339 g/mol. The van der Waals surface area contributed by atoms with E-state index in [1.807, 2.05) is 19.2 Å². The Morgan fingerprint density at radius 3 is 2.52 bits per heavy atom. The molecule has 0 aliphatic rings. The lowest BCUT2D eigenvalue weighted by Crippen LogP contribution is -2.17. The number of sulfone groups is 1. The van der Waals surface area contributed by atoms with Crippen molar-refractivity contribution in [3.8, 4) is 0 Å². The van der Waals surface area contributed by atoms with Gasteiger partial charge in [0.25, 0.3) is 0 Å². The van der Waals surface area contributed by atoms with Gasteiger partial charge in [0.2, 0.25) is 5.91 Å². The average Bonchev–Trinajstić information content (AvgIpc) is 2.94. The molecule has 0 radical (unpaired) electrons. The van der Waals surface area contributed by atoms with Gasteiger partial charge in [0.15, 0.2) is 15.0 Å². The van der Waals surface area contributed by atoms with Gasteiger partial charge in [-0.25, -0.2) is 17.8 Å². The first kappa shape index (κ1) is 17.6. The van der Waals surface area contributed by atoms with Crippen LogP contribution < -0.4 is 5.32 Å². The number of carbonyl (C=O) groups is 1. The van der Waals surface area contributed by atoms with Crippen LogP contribution in [0, 0.1) is 5.82 Å². The zero-order chi connectivity index (χ0) is 17.0. The van der Waals surface area contributed by atoms with Crippen molar-refractivity contribution in [2.75, 3.05) is 11.1 Å². The monoisotopic (exact) mass is 356 g/mol. The van der Waals surface area contributed by atoms with Crippen LogP contribution in [0.15, 0.2) is 34.5 Å². The SMILES string of the molecule is CC(C)c1csc(NC(=O)CCS(=O)(=O)c2ccc(F)cc2)n1. The summed E-state index contributed by atoms with van der Waals surface area (Å²) in [5, 5.41) is 4.91. The van der Waals surface area contributed by atoms with Gasteiger partial charge in [-0.15, -0.1) is 11.3 Å². The van der Waals surface area contributed by atoms with Crippen molar-refractivity contribution in [3.05, 3.63) is 41.2 Å². The fourth-order valence-electron chi connectivity index (χ4n) is 1.78. The van der Waals surface area contributed by atoms with Gasteiger partial charge in [-0.2, -0.15) is 0 Å². The molecule has 1 amide bonds. The molecule has 8 heteroatoms. The second-order valence-corrected chi connectivity index (χ2v) is 8.27. The van der Waals surface area contributed by atoms with Crippen LogP contribution in [0.4, 0.5) is 9.52 Å². The highest BCUT2D eigenvalue weighted by Crippen LogP contribution is 2.21.